The summed E-state index contributed by atoms with van der Waals surface area (Å²) in [6, 6.07) is 0. The number of hydrogen-bond acceptors (Lipinski definition) is 5. The quantitative estimate of drug-likeness (QED) is 0.793. The van der Waals surface area contributed by atoms with E-state index in [0.29, 0.717) is 11.8 Å². The lowest BCUT2D eigenvalue weighted by molar-refractivity contribution is 0.284. The predicted molar refractivity (Wildman–Crippen MR) is 99.8 cm³/mol. The maximum Gasteiger partial charge on any atom is 0.226 e. The Morgan fingerprint density at radius 2 is 2.23 bits per heavy atom. The summed E-state index contributed by atoms with van der Waals surface area (Å²) >= 11 is 0. The van der Waals surface area contributed by atoms with E-state index in [-0.39, 0.29) is 5.41 Å². The van der Waals surface area contributed by atoms with Gasteiger partial charge in [-0.1, -0.05) is 25.4 Å². The topological polar surface area (TPSA) is 60.0 Å². The molecule has 1 aliphatic carbocycles. The van der Waals surface area contributed by atoms with Crippen molar-refractivity contribution in [1.82, 2.24) is 24.8 Å². The standard InChI is InChI=1S/C20H31N5O/c1-5-25-15(4)16(10-21-25)11-24-12-17-7-6-8-20(17,13-24)19-22-18(26-23-19)9-14(2)3/h10,14,17H,5-9,11-13H2,1-4H3/t17-,20-/m1/s1. The fraction of sp³-hybridized carbons (Fsp3) is 0.750. The summed E-state index contributed by atoms with van der Waals surface area (Å²) in [6.45, 7) is 12.8. The SMILES string of the molecule is CCn1ncc(CN2C[C@H]3CCC[C@@]3(c3noc(CC(C)C)n3)C2)c1C. The van der Waals surface area contributed by atoms with Gasteiger partial charge in [-0.15, -0.1) is 0 Å². The molecular weight excluding hydrogens is 326 g/mol. The first-order valence-electron chi connectivity index (χ1n) is 10.1. The Hall–Kier alpha value is -1.69. The van der Waals surface area contributed by atoms with E-state index in [1.165, 1.54) is 30.5 Å². The average Bonchev–Trinajstić information content (AvgIpc) is 3.32. The molecule has 2 fully saturated rings. The molecule has 0 radical (unpaired) electrons. The second kappa shape index (κ2) is 6.80. The molecule has 2 aromatic heterocycles. The van der Waals surface area contributed by atoms with E-state index in [2.05, 4.69) is 47.5 Å². The minimum atomic E-state index is 0.0907. The van der Waals surface area contributed by atoms with Gasteiger partial charge in [-0.25, -0.2) is 0 Å². The zero-order chi connectivity index (χ0) is 18.3. The van der Waals surface area contributed by atoms with Crippen molar-refractivity contribution in [2.24, 2.45) is 11.8 Å². The number of hydrogen-bond donors (Lipinski definition) is 0. The minimum Gasteiger partial charge on any atom is -0.339 e. The van der Waals surface area contributed by atoms with Crippen LogP contribution in [0.15, 0.2) is 10.7 Å². The molecule has 2 aromatic rings. The van der Waals surface area contributed by atoms with Crippen LogP contribution in [0.4, 0.5) is 0 Å². The largest absolute Gasteiger partial charge is 0.339 e. The lowest BCUT2D eigenvalue weighted by Gasteiger charge is -2.25. The Bertz CT molecular complexity index is 764. The van der Waals surface area contributed by atoms with Gasteiger partial charge in [0.05, 0.1) is 11.6 Å². The van der Waals surface area contributed by atoms with Gasteiger partial charge in [-0.05, 0) is 38.5 Å². The summed E-state index contributed by atoms with van der Waals surface area (Å²) < 4.78 is 7.67. The van der Waals surface area contributed by atoms with Gasteiger partial charge in [0.15, 0.2) is 5.82 Å². The molecule has 0 bridgehead atoms. The molecule has 1 saturated heterocycles. The first-order chi connectivity index (χ1) is 12.5. The molecule has 0 aromatic carbocycles. The third kappa shape index (κ3) is 2.98. The van der Waals surface area contributed by atoms with Crippen molar-refractivity contribution in [3.05, 3.63) is 29.2 Å². The highest BCUT2D eigenvalue weighted by Crippen LogP contribution is 2.49. The van der Waals surface area contributed by atoms with Crippen LogP contribution in [0.1, 0.15) is 63.0 Å². The number of rotatable bonds is 6. The van der Waals surface area contributed by atoms with Crippen LogP contribution >= 0.6 is 0 Å². The maximum absolute atomic E-state index is 5.59. The van der Waals surface area contributed by atoms with Crippen molar-refractivity contribution < 1.29 is 4.52 Å². The van der Waals surface area contributed by atoms with Crippen LogP contribution in [0.3, 0.4) is 0 Å². The van der Waals surface area contributed by atoms with E-state index in [4.69, 9.17) is 9.51 Å². The number of aromatic nitrogens is 4. The third-order valence-electron chi connectivity index (χ3n) is 6.34. The van der Waals surface area contributed by atoms with Crippen molar-refractivity contribution in [2.75, 3.05) is 13.1 Å². The van der Waals surface area contributed by atoms with Gasteiger partial charge < -0.3 is 4.52 Å². The molecule has 6 heteroatoms. The molecule has 142 valence electrons. The van der Waals surface area contributed by atoms with E-state index < -0.39 is 0 Å². The fourth-order valence-corrected chi connectivity index (χ4v) is 4.97. The highest BCUT2D eigenvalue weighted by atomic mass is 16.5. The van der Waals surface area contributed by atoms with Crippen molar-refractivity contribution >= 4 is 0 Å². The van der Waals surface area contributed by atoms with Crippen LogP contribution in [-0.4, -0.2) is 37.9 Å². The molecule has 4 rings (SSSR count). The average molecular weight is 358 g/mol. The van der Waals surface area contributed by atoms with E-state index in [1.807, 2.05) is 6.20 Å². The Balaban J connectivity index is 1.53. The molecule has 3 heterocycles. The van der Waals surface area contributed by atoms with Gasteiger partial charge in [-0.3, -0.25) is 9.58 Å². The van der Waals surface area contributed by atoms with Crippen LogP contribution in [0.2, 0.25) is 0 Å². The maximum atomic E-state index is 5.59. The van der Waals surface area contributed by atoms with Crippen molar-refractivity contribution in [1.29, 1.82) is 0 Å². The Morgan fingerprint density at radius 3 is 2.96 bits per heavy atom. The number of aryl methyl sites for hydroxylation is 1. The summed E-state index contributed by atoms with van der Waals surface area (Å²) in [7, 11) is 0. The molecule has 2 aliphatic rings. The van der Waals surface area contributed by atoms with Crippen LogP contribution in [0, 0.1) is 18.8 Å². The number of fused-ring (bicyclic) bond motifs is 1. The highest BCUT2D eigenvalue weighted by Gasteiger charge is 2.53. The molecule has 1 saturated carbocycles. The normalized spacial score (nSPS) is 26.1. The lowest BCUT2D eigenvalue weighted by Crippen LogP contribution is -2.33. The molecular formula is C20H31N5O. The van der Waals surface area contributed by atoms with Gasteiger partial charge in [-0.2, -0.15) is 10.1 Å². The molecule has 0 spiro atoms. The molecule has 6 nitrogen and oxygen atoms in total. The Labute approximate surface area is 156 Å². The zero-order valence-electron chi connectivity index (χ0n) is 16.5. The summed E-state index contributed by atoms with van der Waals surface area (Å²) in [5.41, 5.74) is 2.72. The zero-order valence-corrected chi connectivity index (χ0v) is 16.5. The smallest absolute Gasteiger partial charge is 0.226 e. The molecule has 0 N–H and O–H groups in total. The van der Waals surface area contributed by atoms with Crippen LogP contribution in [0.25, 0.3) is 0 Å². The molecule has 2 atom stereocenters. The molecule has 26 heavy (non-hydrogen) atoms. The Kier molecular flexibility index (Phi) is 4.63. The Morgan fingerprint density at radius 1 is 1.38 bits per heavy atom. The first kappa shape index (κ1) is 17.7. The molecule has 0 unspecified atom stereocenters. The fourth-order valence-electron chi connectivity index (χ4n) is 4.97. The number of likely N-dealkylation sites (tertiary alicyclic amines) is 1. The predicted octanol–water partition coefficient (Wildman–Crippen LogP) is 3.35. The minimum absolute atomic E-state index is 0.0907. The number of nitrogens with zero attached hydrogens (tertiary/aromatic N) is 5. The summed E-state index contributed by atoms with van der Waals surface area (Å²) in [6.07, 6.45) is 6.64. The van der Waals surface area contributed by atoms with Crippen molar-refractivity contribution in [3.8, 4) is 0 Å². The second-order valence-electron chi connectivity index (χ2n) is 8.60. The first-order valence-corrected chi connectivity index (χ1v) is 10.1. The van der Waals surface area contributed by atoms with E-state index in [9.17, 15) is 0 Å². The molecule has 0 amide bonds. The van der Waals surface area contributed by atoms with Crippen LogP contribution in [-0.2, 0) is 24.9 Å². The van der Waals surface area contributed by atoms with Gasteiger partial charge in [0.25, 0.3) is 0 Å². The summed E-state index contributed by atoms with van der Waals surface area (Å²) in [4.78, 5) is 7.40. The summed E-state index contributed by atoms with van der Waals surface area (Å²) in [5, 5.41) is 8.94. The van der Waals surface area contributed by atoms with Crippen molar-refractivity contribution in [3.63, 3.8) is 0 Å². The van der Waals surface area contributed by atoms with E-state index in [1.54, 1.807) is 0 Å². The van der Waals surface area contributed by atoms with Gasteiger partial charge in [0, 0.05) is 43.9 Å². The van der Waals surface area contributed by atoms with Gasteiger partial charge in [0.1, 0.15) is 0 Å². The summed E-state index contributed by atoms with van der Waals surface area (Å²) in [5.74, 6) is 2.94. The van der Waals surface area contributed by atoms with E-state index in [0.717, 1.165) is 44.3 Å². The van der Waals surface area contributed by atoms with Crippen molar-refractivity contribution in [2.45, 2.75) is 71.9 Å². The van der Waals surface area contributed by atoms with Gasteiger partial charge in [0.2, 0.25) is 5.89 Å². The monoisotopic (exact) mass is 357 g/mol. The van der Waals surface area contributed by atoms with E-state index >= 15 is 0 Å². The molecule has 1 aliphatic heterocycles. The van der Waals surface area contributed by atoms with Crippen LogP contribution in [0.5, 0.6) is 0 Å². The van der Waals surface area contributed by atoms with Crippen LogP contribution < -0.4 is 0 Å². The van der Waals surface area contributed by atoms with Gasteiger partial charge >= 0.3 is 0 Å². The highest BCUT2D eigenvalue weighted by molar-refractivity contribution is 5.21. The third-order valence-corrected chi connectivity index (χ3v) is 6.34. The lowest BCUT2D eigenvalue weighted by atomic mass is 9.80. The second-order valence-corrected chi connectivity index (χ2v) is 8.60.